The van der Waals surface area contributed by atoms with E-state index in [1.165, 1.54) is 19.2 Å². The molecule has 1 aromatic carbocycles. The number of sulfone groups is 1. The van der Waals surface area contributed by atoms with Gasteiger partial charge in [0.25, 0.3) is 5.91 Å². The van der Waals surface area contributed by atoms with Gasteiger partial charge in [-0.3, -0.25) is 20.4 Å². The van der Waals surface area contributed by atoms with Gasteiger partial charge in [-0.15, -0.1) is 0 Å². The molecule has 1 saturated heterocycles. The second kappa shape index (κ2) is 7.52. The minimum atomic E-state index is -3.15. The van der Waals surface area contributed by atoms with Crippen LogP contribution in [0.5, 0.6) is 11.5 Å². The number of ether oxygens (including phenoxy) is 2. The first-order chi connectivity index (χ1) is 11.4. The van der Waals surface area contributed by atoms with Crippen LogP contribution in [0.1, 0.15) is 23.7 Å². The average Bonchev–Trinajstić information content (AvgIpc) is 2.93. The lowest BCUT2D eigenvalue weighted by molar-refractivity contribution is -0.125. The van der Waals surface area contributed by atoms with Gasteiger partial charge in [-0.1, -0.05) is 0 Å². The van der Waals surface area contributed by atoms with E-state index in [0.717, 1.165) is 0 Å². The summed E-state index contributed by atoms with van der Waals surface area (Å²) in [7, 11) is -1.69. The standard InChI is InChI=1S/C15H20N2O6S/c1-3-23-12-5-4-10(8-13(12)22-2)14(18)16-17-15(19)11-6-7-24(20,21)9-11/h4-5,8,11H,3,6-7,9H2,1-2H3,(H,16,18)(H,17,19)/t11-/m1/s1. The zero-order valence-electron chi connectivity index (χ0n) is 13.5. The third-order valence-corrected chi connectivity index (χ3v) is 5.40. The predicted octanol–water partition coefficient (Wildman–Crippen LogP) is 0.290. The Bertz CT molecular complexity index is 731. The molecule has 1 heterocycles. The van der Waals surface area contributed by atoms with Crippen LogP contribution in [0.4, 0.5) is 0 Å². The van der Waals surface area contributed by atoms with Gasteiger partial charge in [0, 0.05) is 5.56 Å². The number of benzene rings is 1. The number of hydrogen-bond acceptors (Lipinski definition) is 6. The molecule has 0 unspecified atom stereocenters. The van der Waals surface area contributed by atoms with Gasteiger partial charge in [-0.05, 0) is 31.5 Å². The summed E-state index contributed by atoms with van der Waals surface area (Å²) in [5, 5.41) is 0. The molecule has 1 atom stereocenters. The van der Waals surface area contributed by atoms with Crippen LogP contribution in [0.15, 0.2) is 18.2 Å². The largest absolute Gasteiger partial charge is 0.493 e. The Morgan fingerprint density at radius 3 is 2.58 bits per heavy atom. The van der Waals surface area contributed by atoms with Crippen molar-refractivity contribution in [3.63, 3.8) is 0 Å². The molecule has 0 aromatic heterocycles. The van der Waals surface area contributed by atoms with Gasteiger partial charge in [0.05, 0.1) is 31.1 Å². The Labute approximate surface area is 140 Å². The van der Waals surface area contributed by atoms with E-state index in [2.05, 4.69) is 10.9 Å². The van der Waals surface area contributed by atoms with E-state index in [4.69, 9.17) is 9.47 Å². The van der Waals surface area contributed by atoms with Crippen LogP contribution in [0.25, 0.3) is 0 Å². The van der Waals surface area contributed by atoms with Gasteiger partial charge < -0.3 is 9.47 Å². The molecule has 2 amide bonds. The normalized spacial score (nSPS) is 18.7. The topological polar surface area (TPSA) is 111 Å². The zero-order valence-corrected chi connectivity index (χ0v) is 14.3. The van der Waals surface area contributed by atoms with Crippen molar-refractivity contribution < 1.29 is 27.5 Å². The number of methoxy groups -OCH3 is 1. The SMILES string of the molecule is CCOc1ccc(C(=O)NNC(=O)[C@@H]2CCS(=O)(=O)C2)cc1OC. The van der Waals surface area contributed by atoms with Gasteiger partial charge in [-0.2, -0.15) is 0 Å². The number of rotatable bonds is 5. The van der Waals surface area contributed by atoms with E-state index in [1.807, 2.05) is 6.92 Å². The fraction of sp³-hybridized carbons (Fsp3) is 0.467. The van der Waals surface area contributed by atoms with Crippen molar-refractivity contribution in [2.45, 2.75) is 13.3 Å². The number of hydrogen-bond donors (Lipinski definition) is 2. The summed E-state index contributed by atoms with van der Waals surface area (Å²) < 4.78 is 33.3. The molecular weight excluding hydrogens is 336 g/mol. The fourth-order valence-corrected chi connectivity index (χ4v) is 4.12. The third kappa shape index (κ3) is 4.38. The van der Waals surface area contributed by atoms with Crippen LogP contribution >= 0.6 is 0 Å². The monoisotopic (exact) mass is 356 g/mol. The molecule has 8 nitrogen and oxygen atoms in total. The van der Waals surface area contributed by atoms with E-state index >= 15 is 0 Å². The molecule has 0 saturated carbocycles. The minimum Gasteiger partial charge on any atom is -0.493 e. The van der Waals surface area contributed by atoms with Crippen molar-refractivity contribution in [3.05, 3.63) is 23.8 Å². The fourth-order valence-electron chi connectivity index (χ4n) is 2.38. The summed E-state index contributed by atoms with van der Waals surface area (Å²) in [5.74, 6) is -0.965. The minimum absolute atomic E-state index is 0.00484. The summed E-state index contributed by atoms with van der Waals surface area (Å²) in [6.07, 6.45) is 0.265. The molecular formula is C15H20N2O6S. The first-order valence-corrected chi connectivity index (χ1v) is 9.30. The Balaban J connectivity index is 1.96. The van der Waals surface area contributed by atoms with Crippen molar-refractivity contribution in [2.24, 2.45) is 5.92 Å². The maximum atomic E-state index is 12.1. The van der Waals surface area contributed by atoms with Crippen molar-refractivity contribution in [3.8, 4) is 11.5 Å². The van der Waals surface area contributed by atoms with Gasteiger partial charge in [0.2, 0.25) is 5.91 Å². The molecule has 1 aliphatic rings. The molecule has 2 N–H and O–H groups in total. The number of carbonyl (C=O) groups excluding carboxylic acids is 2. The molecule has 0 bridgehead atoms. The van der Waals surface area contributed by atoms with E-state index in [0.29, 0.717) is 18.1 Å². The number of nitrogens with one attached hydrogen (secondary N) is 2. The number of carbonyl (C=O) groups is 2. The summed E-state index contributed by atoms with van der Waals surface area (Å²) in [6.45, 7) is 2.29. The van der Waals surface area contributed by atoms with E-state index in [1.54, 1.807) is 6.07 Å². The summed E-state index contributed by atoms with van der Waals surface area (Å²) in [6, 6.07) is 4.63. The molecule has 24 heavy (non-hydrogen) atoms. The van der Waals surface area contributed by atoms with Crippen molar-refractivity contribution >= 4 is 21.7 Å². The van der Waals surface area contributed by atoms with Crippen molar-refractivity contribution in [1.29, 1.82) is 0 Å². The molecule has 1 fully saturated rings. The molecule has 2 rings (SSSR count). The summed E-state index contributed by atoms with van der Waals surface area (Å²) in [5.41, 5.74) is 4.81. The van der Waals surface area contributed by atoms with Gasteiger partial charge >= 0.3 is 0 Å². The lowest BCUT2D eigenvalue weighted by Crippen LogP contribution is -2.44. The highest BCUT2D eigenvalue weighted by Gasteiger charge is 2.33. The van der Waals surface area contributed by atoms with Crippen LogP contribution in [0, 0.1) is 5.92 Å². The molecule has 9 heteroatoms. The Morgan fingerprint density at radius 1 is 1.25 bits per heavy atom. The highest BCUT2D eigenvalue weighted by Crippen LogP contribution is 2.28. The van der Waals surface area contributed by atoms with Crippen LogP contribution in [0.3, 0.4) is 0 Å². The lowest BCUT2D eigenvalue weighted by Gasteiger charge is -2.13. The Kier molecular flexibility index (Phi) is 5.66. The van der Waals surface area contributed by atoms with Crippen molar-refractivity contribution in [1.82, 2.24) is 10.9 Å². The second-order valence-electron chi connectivity index (χ2n) is 5.34. The van der Waals surface area contributed by atoms with Gasteiger partial charge in [-0.25, -0.2) is 8.42 Å². The summed E-state index contributed by atoms with van der Waals surface area (Å²) >= 11 is 0. The Hall–Kier alpha value is -2.29. The molecule has 1 aromatic rings. The molecule has 0 radical (unpaired) electrons. The van der Waals surface area contributed by atoms with E-state index in [-0.39, 0.29) is 23.5 Å². The quantitative estimate of drug-likeness (QED) is 0.734. The average molecular weight is 356 g/mol. The highest BCUT2D eigenvalue weighted by molar-refractivity contribution is 7.91. The van der Waals surface area contributed by atoms with E-state index < -0.39 is 27.6 Å². The molecule has 132 valence electrons. The second-order valence-corrected chi connectivity index (χ2v) is 7.57. The maximum Gasteiger partial charge on any atom is 0.269 e. The summed E-state index contributed by atoms with van der Waals surface area (Å²) in [4.78, 5) is 24.0. The highest BCUT2D eigenvalue weighted by atomic mass is 32.2. The number of amides is 2. The smallest absolute Gasteiger partial charge is 0.269 e. The zero-order chi connectivity index (χ0) is 17.7. The van der Waals surface area contributed by atoms with Crippen LogP contribution in [0.2, 0.25) is 0 Å². The lowest BCUT2D eigenvalue weighted by atomic mass is 10.1. The molecule has 0 spiro atoms. The molecule has 0 aliphatic carbocycles. The first-order valence-electron chi connectivity index (χ1n) is 7.47. The maximum absolute atomic E-state index is 12.1. The van der Waals surface area contributed by atoms with Crippen LogP contribution in [-0.4, -0.2) is 45.5 Å². The first kappa shape index (κ1) is 18.1. The van der Waals surface area contributed by atoms with Crippen LogP contribution < -0.4 is 20.3 Å². The predicted molar refractivity (Wildman–Crippen MR) is 86.5 cm³/mol. The van der Waals surface area contributed by atoms with Gasteiger partial charge in [0.15, 0.2) is 21.3 Å². The Morgan fingerprint density at radius 2 is 2.00 bits per heavy atom. The van der Waals surface area contributed by atoms with Crippen LogP contribution in [-0.2, 0) is 14.6 Å². The van der Waals surface area contributed by atoms with E-state index in [9.17, 15) is 18.0 Å². The van der Waals surface area contributed by atoms with Crippen molar-refractivity contribution in [2.75, 3.05) is 25.2 Å². The molecule has 1 aliphatic heterocycles. The third-order valence-electron chi connectivity index (χ3n) is 3.63. The van der Waals surface area contributed by atoms with Gasteiger partial charge in [0.1, 0.15) is 0 Å². The number of hydrazine groups is 1.